The van der Waals surface area contributed by atoms with E-state index in [4.69, 9.17) is 21.4 Å². The number of rotatable bonds is 1. The summed E-state index contributed by atoms with van der Waals surface area (Å²) in [5.74, 6) is -3.16. The zero-order valence-corrected chi connectivity index (χ0v) is 13.0. The largest absolute Gasteiger partial charge is 0.481 e. The average molecular weight is 337 g/mol. The van der Waals surface area contributed by atoms with Gasteiger partial charge in [0.25, 0.3) is 0 Å². The fourth-order valence-corrected chi connectivity index (χ4v) is 2.98. The van der Waals surface area contributed by atoms with Gasteiger partial charge >= 0.3 is 12.1 Å². The van der Waals surface area contributed by atoms with Gasteiger partial charge in [0.05, 0.1) is 0 Å². The van der Waals surface area contributed by atoms with Crippen molar-refractivity contribution in [3.63, 3.8) is 0 Å². The van der Waals surface area contributed by atoms with E-state index in [-0.39, 0.29) is 17.6 Å². The highest BCUT2D eigenvalue weighted by Gasteiger charge is 2.52. The Labute approximate surface area is 131 Å². The maximum absolute atomic E-state index is 13.0. The Morgan fingerprint density at radius 1 is 1.32 bits per heavy atom. The number of carboxylic acids is 1. The van der Waals surface area contributed by atoms with Crippen LogP contribution in [0.2, 0.25) is 5.02 Å². The van der Waals surface area contributed by atoms with Gasteiger partial charge in [-0.2, -0.15) is 13.2 Å². The Hall–Kier alpha value is -1.43. The third kappa shape index (κ3) is 3.16. The first-order valence-electron chi connectivity index (χ1n) is 6.70. The molecule has 0 aromatic heterocycles. The smallest absolute Gasteiger partial charge is 0.426 e. The second-order valence-corrected chi connectivity index (χ2v) is 6.83. The van der Waals surface area contributed by atoms with Crippen molar-refractivity contribution in [3.8, 4) is 5.75 Å². The maximum atomic E-state index is 13.0. The van der Waals surface area contributed by atoms with Crippen molar-refractivity contribution < 1.29 is 27.8 Å². The number of fused-ring (bicyclic) bond motifs is 1. The number of carboxylic acid groups (broad SMARTS) is 1. The van der Waals surface area contributed by atoms with Gasteiger partial charge in [0.2, 0.25) is 6.10 Å². The third-order valence-corrected chi connectivity index (χ3v) is 3.97. The summed E-state index contributed by atoms with van der Waals surface area (Å²) >= 11 is 6.17. The van der Waals surface area contributed by atoms with Crippen LogP contribution in [0, 0.1) is 5.92 Å². The maximum Gasteiger partial charge on any atom is 0.426 e. The summed E-state index contributed by atoms with van der Waals surface area (Å²) in [4.78, 5) is 11.1. The summed E-state index contributed by atoms with van der Waals surface area (Å²) < 4.78 is 44.1. The van der Waals surface area contributed by atoms with E-state index in [1.54, 1.807) is 0 Å². The minimum atomic E-state index is -4.75. The van der Waals surface area contributed by atoms with Crippen molar-refractivity contribution >= 4 is 17.6 Å². The first kappa shape index (κ1) is 16.9. The molecule has 2 atom stereocenters. The van der Waals surface area contributed by atoms with E-state index in [0.29, 0.717) is 16.1 Å². The highest BCUT2D eigenvalue weighted by Crippen LogP contribution is 2.42. The lowest BCUT2D eigenvalue weighted by Crippen LogP contribution is -2.47. The molecule has 3 nitrogen and oxygen atoms in total. The van der Waals surface area contributed by atoms with E-state index in [2.05, 4.69) is 0 Å². The standard InChI is InChI=1S/C15H16ClF3O3/c1-14(2,3)9-6-11-7(5-10(9)16)4-8(13(20)21)12(22-11)15(17,18)19/h5-6,8,12H,4H2,1-3H3,(H,20,21). The van der Waals surface area contributed by atoms with Gasteiger partial charge in [0.1, 0.15) is 11.7 Å². The molecular weight excluding hydrogens is 321 g/mol. The zero-order chi connectivity index (χ0) is 16.9. The molecule has 0 aliphatic carbocycles. The molecule has 1 aromatic rings. The monoisotopic (exact) mass is 336 g/mol. The molecule has 1 heterocycles. The van der Waals surface area contributed by atoms with E-state index >= 15 is 0 Å². The molecule has 0 bridgehead atoms. The van der Waals surface area contributed by atoms with Crippen LogP contribution in [0.4, 0.5) is 13.2 Å². The molecular formula is C15H16ClF3O3. The Morgan fingerprint density at radius 2 is 1.91 bits per heavy atom. The van der Waals surface area contributed by atoms with Gasteiger partial charge in [-0.1, -0.05) is 32.4 Å². The molecule has 0 spiro atoms. The summed E-state index contributed by atoms with van der Waals surface area (Å²) in [6.07, 6.45) is -7.37. The molecule has 2 unspecified atom stereocenters. The summed E-state index contributed by atoms with van der Waals surface area (Å²) in [6.45, 7) is 5.64. The first-order chi connectivity index (χ1) is 9.91. The van der Waals surface area contributed by atoms with Crippen LogP contribution in [0.5, 0.6) is 5.75 Å². The van der Waals surface area contributed by atoms with Crippen molar-refractivity contribution in [2.75, 3.05) is 0 Å². The molecule has 1 aliphatic rings. The minimum Gasteiger partial charge on any atom is -0.481 e. The number of benzene rings is 1. The first-order valence-corrected chi connectivity index (χ1v) is 7.08. The molecule has 2 rings (SSSR count). The Morgan fingerprint density at radius 3 is 2.36 bits per heavy atom. The predicted octanol–water partition coefficient (Wildman–Crippen LogP) is 4.20. The number of hydrogen-bond donors (Lipinski definition) is 1. The Balaban J connectivity index is 2.51. The van der Waals surface area contributed by atoms with Crippen LogP contribution in [0.15, 0.2) is 12.1 Å². The zero-order valence-electron chi connectivity index (χ0n) is 12.3. The summed E-state index contributed by atoms with van der Waals surface area (Å²) in [5, 5.41) is 9.43. The minimum absolute atomic E-state index is 0.0501. The lowest BCUT2D eigenvalue weighted by atomic mass is 9.83. The molecule has 1 N–H and O–H groups in total. The van der Waals surface area contributed by atoms with Crippen LogP contribution in [0.25, 0.3) is 0 Å². The SMILES string of the molecule is CC(C)(C)c1cc2c(cc1Cl)CC(C(=O)O)C(C(F)(F)F)O2. The van der Waals surface area contributed by atoms with E-state index < -0.39 is 24.2 Å². The van der Waals surface area contributed by atoms with Gasteiger partial charge in [-0.25, -0.2) is 0 Å². The highest BCUT2D eigenvalue weighted by atomic mass is 35.5. The second-order valence-electron chi connectivity index (χ2n) is 6.42. The molecule has 0 saturated carbocycles. The molecule has 1 aromatic carbocycles. The van der Waals surface area contributed by atoms with Crippen LogP contribution in [0.1, 0.15) is 31.9 Å². The number of alkyl halides is 3. The number of halogens is 4. The van der Waals surface area contributed by atoms with Crippen molar-refractivity contribution in [2.24, 2.45) is 5.92 Å². The van der Waals surface area contributed by atoms with Gasteiger partial charge in [-0.05, 0) is 35.1 Å². The van der Waals surface area contributed by atoms with E-state index in [9.17, 15) is 18.0 Å². The van der Waals surface area contributed by atoms with Crippen molar-refractivity contribution in [3.05, 3.63) is 28.3 Å². The topological polar surface area (TPSA) is 46.5 Å². The molecule has 7 heteroatoms. The van der Waals surface area contributed by atoms with Gasteiger partial charge in [-0.15, -0.1) is 0 Å². The average Bonchev–Trinajstić information content (AvgIpc) is 2.33. The van der Waals surface area contributed by atoms with Crippen molar-refractivity contribution in [2.45, 2.75) is 44.9 Å². The molecule has 0 radical (unpaired) electrons. The normalized spacial score (nSPS) is 22.0. The Bertz CT molecular complexity index is 605. The van der Waals surface area contributed by atoms with Crippen molar-refractivity contribution in [1.82, 2.24) is 0 Å². The van der Waals surface area contributed by atoms with Crippen LogP contribution in [-0.2, 0) is 16.6 Å². The van der Waals surface area contributed by atoms with Gasteiger partial charge in [0.15, 0.2) is 0 Å². The predicted molar refractivity (Wildman–Crippen MR) is 75.5 cm³/mol. The summed E-state index contributed by atoms with van der Waals surface area (Å²) in [6, 6.07) is 2.98. The second kappa shape index (κ2) is 5.33. The quantitative estimate of drug-likeness (QED) is 0.836. The van der Waals surface area contributed by atoms with Gasteiger partial charge in [0, 0.05) is 5.02 Å². The van der Waals surface area contributed by atoms with E-state index in [0.717, 1.165) is 0 Å². The van der Waals surface area contributed by atoms with Gasteiger partial charge in [-0.3, -0.25) is 4.79 Å². The van der Waals surface area contributed by atoms with Gasteiger partial charge < -0.3 is 9.84 Å². The molecule has 122 valence electrons. The van der Waals surface area contributed by atoms with Crippen LogP contribution in [0.3, 0.4) is 0 Å². The van der Waals surface area contributed by atoms with Crippen LogP contribution in [-0.4, -0.2) is 23.4 Å². The number of aliphatic carboxylic acids is 1. The van der Waals surface area contributed by atoms with E-state index in [1.165, 1.54) is 12.1 Å². The molecule has 22 heavy (non-hydrogen) atoms. The molecule has 0 amide bonds. The summed E-state index contributed by atoms with van der Waals surface area (Å²) in [5.41, 5.74) is 0.667. The van der Waals surface area contributed by atoms with Crippen LogP contribution < -0.4 is 4.74 Å². The van der Waals surface area contributed by atoms with Crippen LogP contribution >= 0.6 is 11.6 Å². The highest BCUT2D eigenvalue weighted by molar-refractivity contribution is 6.31. The lowest BCUT2D eigenvalue weighted by molar-refractivity contribution is -0.217. The van der Waals surface area contributed by atoms with Crippen molar-refractivity contribution in [1.29, 1.82) is 0 Å². The molecule has 0 saturated heterocycles. The fraction of sp³-hybridized carbons (Fsp3) is 0.533. The number of ether oxygens (including phenoxy) is 1. The Kier molecular flexibility index (Phi) is 4.11. The number of carbonyl (C=O) groups is 1. The molecule has 1 aliphatic heterocycles. The number of hydrogen-bond acceptors (Lipinski definition) is 2. The summed E-state index contributed by atoms with van der Waals surface area (Å²) in [7, 11) is 0. The lowest BCUT2D eigenvalue weighted by Gasteiger charge is -2.34. The van der Waals surface area contributed by atoms with E-state index in [1.807, 2.05) is 20.8 Å². The molecule has 0 fully saturated rings. The fourth-order valence-electron chi connectivity index (χ4n) is 2.51. The third-order valence-electron chi connectivity index (χ3n) is 3.66.